The molecule has 2 aliphatic rings. The SMILES string of the molecule is Cc1ccc(NC2CNC2)cc1C(=O)NC(C)c1cccc(-c2ccc(CNC3CCOC3)s2)c1. The van der Waals surface area contributed by atoms with Gasteiger partial charge in [0, 0.05) is 53.3 Å². The van der Waals surface area contributed by atoms with Crippen molar-refractivity contribution in [2.45, 2.75) is 44.9 Å². The van der Waals surface area contributed by atoms with E-state index in [1.807, 2.05) is 43.4 Å². The molecule has 5 rings (SSSR count). The van der Waals surface area contributed by atoms with E-state index in [1.54, 1.807) is 0 Å². The summed E-state index contributed by atoms with van der Waals surface area (Å²) in [7, 11) is 0. The number of thiophene rings is 1. The molecular formula is C28H34N4O2S. The van der Waals surface area contributed by atoms with E-state index in [-0.39, 0.29) is 11.9 Å². The van der Waals surface area contributed by atoms with Crippen molar-refractivity contribution in [3.63, 3.8) is 0 Å². The first kappa shape index (κ1) is 24.0. The topological polar surface area (TPSA) is 74.4 Å². The number of benzene rings is 2. The lowest BCUT2D eigenvalue weighted by Crippen LogP contribution is -2.51. The molecule has 7 heteroatoms. The van der Waals surface area contributed by atoms with Gasteiger partial charge in [-0.3, -0.25) is 4.79 Å². The summed E-state index contributed by atoms with van der Waals surface area (Å²) in [6.45, 7) is 8.48. The van der Waals surface area contributed by atoms with Crippen molar-refractivity contribution < 1.29 is 9.53 Å². The van der Waals surface area contributed by atoms with Crippen LogP contribution in [0.15, 0.2) is 54.6 Å². The molecule has 2 unspecified atom stereocenters. The fourth-order valence-corrected chi connectivity index (χ4v) is 5.43. The molecule has 1 amide bonds. The quantitative estimate of drug-likeness (QED) is 0.356. The average molecular weight is 491 g/mol. The summed E-state index contributed by atoms with van der Waals surface area (Å²) in [4.78, 5) is 15.7. The Kier molecular flexibility index (Phi) is 7.48. The van der Waals surface area contributed by atoms with Crippen LogP contribution in [0.4, 0.5) is 5.69 Å². The molecule has 2 atom stereocenters. The number of aryl methyl sites for hydroxylation is 1. The number of carbonyl (C=O) groups is 1. The summed E-state index contributed by atoms with van der Waals surface area (Å²) < 4.78 is 5.45. The van der Waals surface area contributed by atoms with Gasteiger partial charge in [-0.15, -0.1) is 11.3 Å². The Morgan fingerprint density at radius 3 is 2.80 bits per heavy atom. The Bertz CT molecular complexity index is 1170. The molecular weight excluding hydrogens is 456 g/mol. The monoisotopic (exact) mass is 490 g/mol. The van der Waals surface area contributed by atoms with E-state index < -0.39 is 0 Å². The van der Waals surface area contributed by atoms with Crippen molar-refractivity contribution in [1.29, 1.82) is 0 Å². The Hall–Kier alpha value is -2.71. The molecule has 4 N–H and O–H groups in total. The number of hydrogen-bond acceptors (Lipinski definition) is 6. The molecule has 2 saturated heterocycles. The van der Waals surface area contributed by atoms with Gasteiger partial charge in [-0.1, -0.05) is 24.3 Å². The lowest BCUT2D eigenvalue weighted by Gasteiger charge is -2.29. The number of hydrogen-bond donors (Lipinski definition) is 4. The van der Waals surface area contributed by atoms with E-state index in [0.29, 0.717) is 17.6 Å². The highest BCUT2D eigenvalue weighted by Gasteiger charge is 2.19. The predicted octanol–water partition coefficient (Wildman–Crippen LogP) is 4.48. The maximum atomic E-state index is 13.1. The van der Waals surface area contributed by atoms with E-state index in [0.717, 1.165) is 56.1 Å². The van der Waals surface area contributed by atoms with Gasteiger partial charge in [-0.05, 0) is 67.3 Å². The predicted molar refractivity (Wildman–Crippen MR) is 143 cm³/mol. The van der Waals surface area contributed by atoms with Crippen LogP contribution in [0.1, 0.15) is 45.7 Å². The highest BCUT2D eigenvalue weighted by Crippen LogP contribution is 2.30. The Morgan fingerprint density at radius 1 is 1.14 bits per heavy atom. The second kappa shape index (κ2) is 10.9. The van der Waals surface area contributed by atoms with Gasteiger partial charge in [0.2, 0.25) is 0 Å². The van der Waals surface area contributed by atoms with Crippen molar-refractivity contribution in [3.05, 3.63) is 76.2 Å². The van der Waals surface area contributed by atoms with Crippen LogP contribution >= 0.6 is 11.3 Å². The number of anilines is 1. The van der Waals surface area contributed by atoms with Crippen LogP contribution in [0.2, 0.25) is 0 Å². The van der Waals surface area contributed by atoms with Gasteiger partial charge in [0.15, 0.2) is 0 Å². The van der Waals surface area contributed by atoms with Crippen LogP contribution in [-0.2, 0) is 11.3 Å². The summed E-state index contributed by atoms with van der Waals surface area (Å²) >= 11 is 1.81. The third kappa shape index (κ3) is 5.93. The molecule has 2 fully saturated rings. The van der Waals surface area contributed by atoms with Gasteiger partial charge >= 0.3 is 0 Å². The summed E-state index contributed by atoms with van der Waals surface area (Å²) in [6.07, 6.45) is 1.09. The molecule has 184 valence electrons. The van der Waals surface area contributed by atoms with E-state index in [1.165, 1.54) is 15.3 Å². The third-order valence-corrected chi connectivity index (χ3v) is 7.94. The van der Waals surface area contributed by atoms with E-state index in [4.69, 9.17) is 4.74 Å². The molecule has 0 radical (unpaired) electrons. The van der Waals surface area contributed by atoms with Gasteiger partial charge in [-0.25, -0.2) is 0 Å². The van der Waals surface area contributed by atoms with Gasteiger partial charge in [0.05, 0.1) is 18.7 Å². The molecule has 2 aliphatic heterocycles. The molecule has 1 aromatic heterocycles. The molecule has 0 saturated carbocycles. The van der Waals surface area contributed by atoms with Crippen molar-refractivity contribution in [2.24, 2.45) is 0 Å². The zero-order valence-corrected chi connectivity index (χ0v) is 21.2. The summed E-state index contributed by atoms with van der Waals surface area (Å²) in [5.74, 6) is -0.0452. The molecule has 0 spiro atoms. The first-order valence-corrected chi connectivity index (χ1v) is 13.3. The molecule has 0 aliphatic carbocycles. The fourth-order valence-electron chi connectivity index (χ4n) is 4.47. The Morgan fingerprint density at radius 2 is 2.03 bits per heavy atom. The van der Waals surface area contributed by atoms with Gasteiger partial charge < -0.3 is 26.0 Å². The molecule has 0 bridgehead atoms. The zero-order chi connectivity index (χ0) is 24.2. The first-order chi connectivity index (χ1) is 17.0. The minimum absolute atomic E-state index is 0.0452. The second-order valence-electron chi connectivity index (χ2n) is 9.56. The van der Waals surface area contributed by atoms with Gasteiger partial charge in [0.25, 0.3) is 5.91 Å². The van der Waals surface area contributed by atoms with Crippen molar-refractivity contribution >= 4 is 22.9 Å². The highest BCUT2D eigenvalue weighted by molar-refractivity contribution is 7.15. The number of rotatable bonds is 9. The maximum absolute atomic E-state index is 13.1. The molecule has 3 aromatic rings. The molecule has 3 heterocycles. The molecule has 35 heavy (non-hydrogen) atoms. The molecule has 2 aromatic carbocycles. The highest BCUT2D eigenvalue weighted by atomic mass is 32.1. The lowest BCUT2D eigenvalue weighted by atomic mass is 10.0. The van der Waals surface area contributed by atoms with E-state index in [2.05, 4.69) is 57.7 Å². The number of carbonyl (C=O) groups excluding carboxylic acids is 1. The number of nitrogens with one attached hydrogen (secondary N) is 4. The zero-order valence-electron chi connectivity index (χ0n) is 20.4. The van der Waals surface area contributed by atoms with Crippen LogP contribution in [0, 0.1) is 6.92 Å². The maximum Gasteiger partial charge on any atom is 0.252 e. The van der Waals surface area contributed by atoms with Crippen LogP contribution in [0.25, 0.3) is 10.4 Å². The van der Waals surface area contributed by atoms with Crippen LogP contribution in [0.5, 0.6) is 0 Å². The third-order valence-electron chi connectivity index (χ3n) is 6.81. The Labute approximate surface area is 211 Å². The van der Waals surface area contributed by atoms with Crippen molar-refractivity contribution in [3.8, 4) is 10.4 Å². The number of amides is 1. The van der Waals surface area contributed by atoms with Crippen molar-refractivity contribution in [2.75, 3.05) is 31.6 Å². The largest absolute Gasteiger partial charge is 0.380 e. The summed E-state index contributed by atoms with van der Waals surface area (Å²) in [6, 6.07) is 19.7. The van der Waals surface area contributed by atoms with Crippen molar-refractivity contribution in [1.82, 2.24) is 16.0 Å². The minimum Gasteiger partial charge on any atom is -0.380 e. The smallest absolute Gasteiger partial charge is 0.252 e. The minimum atomic E-state index is -0.0993. The normalized spacial score (nSPS) is 18.7. The summed E-state index contributed by atoms with van der Waals surface area (Å²) in [5, 5.41) is 13.5. The fraction of sp³-hybridized carbons (Fsp3) is 0.393. The van der Waals surface area contributed by atoms with Crippen LogP contribution in [-0.4, -0.2) is 44.3 Å². The van der Waals surface area contributed by atoms with Crippen LogP contribution in [0.3, 0.4) is 0 Å². The standard InChI is InChI=1S/C28H34N4O2S/c1-18-6-7-22(32-24-14-29-15-24)13-26(18)28(33)31-19(2)20-4-3-5-21(12-20)27-9-8-25(35-27)16-30-23-10-11-34-17-23/h3-9,12-13,19,23-24,29-30,32H,10-11,14-17H2,1-2H3,(H,31,33). The molecule has 6 nitrogen and oxygen atoms in total. The first-order valence-electron chi connectivity index (χ1n) is 12.4. The number of ether oxygens (including phenoxy) is 1. The Balaban J connectivity index is 1.23. The summed E-state index contributed by atoms with van der Waals surface area (Å²) in [5.41, 5.74) is 4.96. The van der Waals surface area contributed by atoms with Gasteiger partial charge in [-0.2, -0.15) is 0 Å². The average Bonchev–Trinajstić information content (AvgIpc) is 3.53. The van der Waals surface area contributed by atoms with Crippen LogP contribution < -0.4 is 21.3 Å². The van der Waals surface area contributed by atoms with E-state index in [9.17, 15) is 4.79 Å². The van der Waals surface area contributed by atoms with E-state index >= 15 is 0 Å². The van der Waals surface area contributed by atoms with Gasteiger partial charge in [0.1, 0.15) is 0 Å². The lowest BCUT2D eigenvalue weighted by molar-refractivity contribution is 0.0939. The second-order valence-corrected chi connectivity index (χ2v) is 10.7.